The van der Waals surface area contributed by atoms with Crippen LogP contribution in [0.5, 0.6) is 0 Å². The molecule has 0 spiro atoms. The van der Waals surface area contributed by atoms with Crippen LogP contribution < -0.4 is 11.5 Å². The van der Waals surface area contributed by atoms with E-state index in [0.717, 1.165) is 5.56 Å². The number of nitrogens with zero attached hydrogens (tertiary/aromatic N) is 4. The number of ether oxygens (including phenoxy) is 1. The number of rotatable bonds is 3. The van der Waals surface area contributed by atoms with Gasteiger partial charge in [0.1, 0.15) is 35.7 Å². The summed E-state index contributed by atoms with van der Waals surface area (Å²) < 4.78 is 36.5. The van der Waals surface area contributed by atoms with Gasteiger partial charge in [-0.1, -0.05) is 12.1 Å². The molecule has 3 aromatic heterocycles. The second-order valence-electron chi connectivity index (χ2n) is 9.07. The average molecular weight is 468 g/mol. The van der Waals surface area contributed by atoms with Crippen molar-refractivity contribution in [1.29, 1.82) is 0 Å². The van der Waals surface area contributed by atoms with Crippen LogP contribution >= 0.6 is 0 Å². The molecular weight excluding hydrogens is 446 g/mol. The number of nitrogen functional groups attached to an aromatic ring is 2. The fourth-order valence-electron chi connectivity index (χ4n) is 5.37. The molecule has 176 valence electrons. The van der Waals surface area contributed by atoms with Crippen LogP contribution in [0.1, 0.15) is 18.2 Å². The molecule has 9 nitrogen and oxygen atoms in total. The maximum Gasteiger partial charge on any atom is 0.165 e. The summed E-state index contributed by atoms with van der Waals surface area (Å²) in [6, 6.07) is 8.16. The molecule has 1 aromatic carbocycles. The third-order valence-corrected chi connectivity index (χ3v) is 7.08. The second kappa shape index (κ2) is 7.29. The minimum Gasteiger partial charge on any atom is -0.385 e. The van der Waals surface area contributed by atoms with E-state index >= 15 is 4.39 Å². The molecule has 0 bridgehead atoms. The molecule has 1 aliphatic carbocycles. The molecule has 4 aromatic rings. The number of hydrogen-bond donors (Lipinski definition) is 4. The van der Waals surface area contributed by atoms with Crippen LogP contribution in [0.25, 0.3) is 21.9 Å². The molecule has 1 saturated heterocycles. The van der Waals surface area contributed by atoms with Gasteiger partial charge in [-0.25, -0.2) is 23.7 Å². The Kier molecular flexibility index (Phi) is 4.54. The largest absolute Gasteiger partial charge is 0.385 e. The zero-order valence-electron chi connectivity index (χ0n) is 17.8. The Morgan fingerprint density at radius 3 is 2.82 bits per heavy atom. The van der Waals surface area contributed by atoms with Crippen LogP contribution in [0, 0.1) is 11.7 Å². The average Bonchev–Trinajstić information content (AvgIpc) is 3.40. The Morgan fingerprint density at radius 2 is 2.00 bits per heavy atom. The highest BCUT2D eigenvalue weighted by Crippen LogP contribution is 2.51. The first kappa shape index (κ1) is 21.1. The Labute approximate surface area is 192 Å². The second-order valence-corrected chi connectivity index (χ2v) is 9.07. The lowest BCUT2D eigenvalue weighted by Crippen LogP contribution is -2.45. The fourth-order valence-corrected chi connectivity index (χ4v) is 5.37. The van der Waals surface area contributed by atoms with Gasteiger partial charge in [0.15, 0.2) is 17.9 Å². The molecule has 11 heteroatoms. The Morgan fingerprint density at radius 1 is 1.18 bits per heavy atom. The molecule has 6 atom stereocenters. The molecule has 0 radical (unpaired) electrons. The van der Waals surface area contributed by atoms with E-state index in [0.29, 0.717) is 21.9 Å². The van der Waals surface area contributed by atoms with Crippen molar-refractivity contribution in [3.05, 3.63) is 54.2 Å². The van der Waals surface area contributed by atoms with Gasteiger partial charge in [-0.05, 0) is 30.2 Å². The Hall–Kier alpha value is -3.41. The number of fused-ring (bicyclic) bond motifs is 3. The summed E-state index contributed by atoms with van der Waals surface area (Å²) in [6.45, 7) is 0. The highest BCUT2D eigenvalue weighted by molar-refractivity contribution is 5.86. The number of aliphatic hydroxyl groups excluding tert-OH is 1. The molecule has 34 heavy (non-hydrogen) atoms. The number of benzene rings is 1. The first-order valence-corrected chi connectivity index (χ1v) is 10.9. The Bertz CT molecular complexity index is 1430. The van der Waals surface area contributed by atoms with Crippen LogP contribution in [0.2, 0.25) is 0 Å². The molecule has 4 heterocycles. The molecule has 6 rings (SSSR count). The van der Waals surface area contributed by atoms with Gasteiger partial charge in [0, 0.05) is 23.9 Å². The molecule has 1 saturated carbocycles. The zero-order valence-corrected chi connectivity index (χ0v) is 17.8. The highest BCUT2D eigenvalue weighted by atomic mass is 19.1. The molecule has 6 N–H and O–H groups in total. The predicted octanol–water partition coefficient (Wildman–Crippen LogP) is 1.87. The quantitative estimate of drug-likeness (QED) is 0.357. The van der Waals surface area contributed by atoms with Crippen molar-refractivity contribution in [3.63, 3.8) is 0 Å². The first-order valence-electron chi connectivity index (χ1n) is 10.9. The van der Waals surface area contributed by atoms with E-state index in [1.54, 1.807) is 35.0 Å². The van der Waals surface area contributed by atoms with E-state index in [-0.39, 0.29) is 24.5 Å². The van der Waals surface area contributed by atoms with Gasteiger partial charge in [0.2, 0.25) is 0 Å². The molecule has 0 amide bonds. The number of aromatic nitrogens is 4. The van der Waals surface area contributed by atoms with Crippen molar-refractivity contribution < 1.29 is 23.7 Å². The number of pyridine rings is 1. The summed E-state index contributed by atoms with van der Waals surface area (Å²) in [5.41, 5.74) is 11.4. The van der Waals surface area contributed by atoms with Crippen molar-refractivity contribution >= 4 is 33.6 Å². The van der Waals surface area contributed by atoms with Crippen molar-refractivity contribution in [2.45, 2.75) is 43.1 Å². The molecule has 2 fully saturated rings. The highest BCUT2D eigenvalue weighted by Gasteiger charge is 2.65. The minimum absolute atomic E-state index is 0.211. The predicted molar refractivity (Wildman–Crippen MR) is 120 cm³/mol. The lowest BCUT2D eigenvalue weighted by atomic mass is 9.89. The number of anilines is 2. The number of nitrogens with two attached hydrogens (primary N) is 2. The normalized spacial score (nSPS) is 30.9. The SMILES string of the molecule is Nc1nc2cc(CC3[C@H]4O[C@@H](n5ccc6c(N)ncnc65)C(O)[C@@]4(O)C[C@@H]3F)ccc2cc1F. The lowest BCUT2D eigenvalue weighted by Gasteiger charge is -2.25. The van der Waals surface area contributed by atoms with Crippen molar-refractivity contribution in [2.75, 3.05) is 11.5 Å². The smallest absolute Gasteiger partial charge is 0.165 e. The van der Waals surface area contributed by atoms with Crippen LogP contribution in [-0.2, 0) is 11.2 Å². The van der Waals surface area contributed by atoms with Crippen molar-refractivity contribution in [2.24, 2.45) is 5.92 Å². The van der Waals surface area contributed by atoms with Crippen molar-refractivity contribution in [3.8, 4) is 0 Å². The van der Waals surface area contributed by atoms with Crippen LogP contribution in [0.3, 0.4) is 0 Å². The molecule has 2 unspecified atom stereocenters. The number of halogens is 2. The Balaban J connectivity index is 1.32. The summed E-state index contributed by atoms with van der Waals surface area (Å²) >= 11 is 0. The van der Waals surface area contributed by atoms with Gasteiger partial charge in [-0.2, -0.15) is 0 Å². The van der Waals surface area contributed by atoms with E-state index in [1.165, 1.54) is 12.4 Å². The molecular formula is C23H22F2N6O3. The number of hydrogen-bond acceptors (Lipinski definition) is 8. The first-order chi connectivity index (χ1) is 16.3. The van der Waals surface area contributed by atoms with Gasteiger partial charge in [0.05, 0.1) is 17.0 Å². The summed E-state index contributed by atoms with van der Waals surface area (Å²) in [5, 5.41) is 23.5. The third-order valence-electron chi connectivity index (χ3n) is 7.08. The lowest BCUT2D eigenvalue weighted by molar-refractivity contribution is -0.0685. The van der Waals surface area contributed by atoms with Gasteiger partial charge < -0.3 is 31.0 Å². The standard InChI is InChI=1S/C23H22F2N6O3/c24-14-7-11-2-1-10(6-16(11)30-20(14)27)5-13-15(25)8-23(33)17(32)22(34-18(13)23)31-4-3-12-19(26)28-9-29-21(12)31/h1-4,6-7,9,13,15,17-18,22,32-33H,5,8H2,(H2,27,30)(H2,26,28,29)/t13?,15-,17?,18+,22+,23-/m0/s1. The van der Waals surface area contributed by atoms with Gasteiger partial charge >= 0.3 is 0 Å². The summed E-state index contributed by atoms with van der Waals surface area (Å²) in [5.74, 6) is -1.26. The van der Waals surface area contributed by atoms with Crippen molar-refractivity contribution in [1.82, 2.24) is 19.5 Å². The monoisotopic (exact) mass is 468 g/mol. The summed E-state index contributed by atoms with van der Waals surface area (Å²) in [6.07, 6.45) is -1.80. The fraction of sp³-hybridized carbons (Fsp3) is 0.348. The van der Waals surface area contributed by atoms with E-state index in [1.807, 2.05) is 0 Å². The van der Waals surface area contributed by atoms with E-state index in [2.05, 4.69) is 15.0 Å². The maximum atomic E-state index is 15.1. The summed E-state index contributed by atoms with van der Waals surface area (Å²) in [7, 11) is 0. The van der Waals surface area contributed by atoms with E-state index in [4.69, 9.17) is 16.2 Å². The van der Waals surface area contributed by atoms with Crippen LogP contribution in [0.15, 0.2) is 42.9 Å². The summed E-state index contributed by atoms with van der Waals surface area (Å²) in [4.78, 5) is 12.2. The van der Waals surface area contributed by atoms with Crippen LogP contribution in [-0.4, -0.2) is 53.7 Å². The minimum atomic E-state index is -1.77. The molecule has 2 aliphatic rings. The van der Waals surface area contributed by atoms with Gasteiger partial charge in [0.25, 0.3) is 0 Å². The maximum absolute atomic E-state index is 15.1. The van der Waals surface area contributed by atoms with E-state index < -0.39 is 41.9 Å². The number of alkyl halides is 1. The van der Waals surface area contributed by atoms with Crippen LogP contribution in [0.4, 0.5) is 20.4 Å². The zero-order chi connectivity index (χ0) is 23.8. The topological polar surface area (TPSA) is 145 Å². The molecule has 1 aliphatic heterocycles. The third kappa shape index (κ3) is 2.97. The van der Waals surface area contributed by atoms with Gasteiger partial charge in [-0.15, -0.1) is 0 Å². The van der Waals surface area contributed by atoms with Gasteiger partial charge in [-0.3, -0.25) is 0 Å². The van der Waals surface area contributed by atoms with E-state index in [9.17, 15) is 14.6 Å². The number of aliphatic hydroxyl groups is 2.